The van der Waals surface area contributed by atoms with Crippen molar-refractivity contribution in [3.05, 3.63) is 47.3 Å². The highest BCUT2D eigenvalue weighted by molar-refractivity contribution is 7.89. The lowest BCUT2D eigenvalue weighted by Crippen LogP contribution is -2.48. The average Bonchev–Trinajstić information content (AvgIpc) is 3.26. The Morgan fingerprint density at radius 3 is 2.47 bits per heavy atom. The molecule has 0 atom stereocenters. The number of hydrogen-bond acceptors (Lipinski definition) is 7. The molecule has 158 valence electrons. The zero-order valence-electron chi connectivity index (χ0n) is 17.0. The molecule has 0 N–H and O–H groups in total. The standard InChI is InChI=1S/C21H24N4O4S/c1-14-3-4-15(2)17(13-14)24-9-11-25(12-10-24)30(26,27)19-8-7-18(28-19)21-23-22-20(29-21)16-5-6-16/h3-4,7-8,13,16H,5-6,9-12H2,1-2H3. The van der Waals surface area contributed by atoms with Crippen LogP contribution in [0.3, 0.4) is 0 Å². The largest absolute Gasteiger partial charge is 0.438 e. The first-order valence-electron chi connectivity index (χ1n) is 10.2. The van der Waals surface area contributed by atoms with Crippen molar-refractivity contribution in [2.75, 3.05) is 31.1 Å². The fourth-order valence-corrected chi connectivity index (χ4v) is 5.09. The second-order valence-corrected chi connectivity index (χ2v) is 9.89. The van der Waals surface area contributed by atoms with Crippen LogP contribution >= 0.6 is 0 Å². The van der Waals surface area contributed by atoms with Crippen molar-refractivity contribution >= 4 is 15.7 Å². The minimum atomic E-state index is -3.72. The Balaban J connectivity index is 1.30. The number of furan rings is 1. The molecule has 0 bridgehead atoms. The molecule has 1 saturated heterocycles. The number of aromatic nitrogens is 2. The van der Waals surface area contributed by atoms with Crippen LogP contribution in [0.2, 0.25) is 0 Å². The number of benzene rings is 1. The molecule has 3 aromatic rings. The molecule has 9 heteroatoms. The topological polar surface area (TPSA) is 92.7 Å². The van der Waals surface area contributed by atoms with Gasteiger partial charge in [-0.1, -0.05) is 12.1 Å². The van der Waals surface area contributed by atoms with Gasteiger partial charge in [0.1, 0.15) is 0 Å². The molecular weight excluding hydrogens is 404 g/mol. The summed E-state index contributed by atoms with van der Waals surface area (Å²) in [5, 5.41) is 7.92. The van der Waals surface area contributed by atoms with Crippen LogP contribution in [-0.4, -0.2) is 49.1 Å². The highest BCUT2D eigenvalue weighted by Crippen LogP contribution is 2.40. The van der Waals surface area contributed by atoms with E-state index in [-0.39, 0.29) is 16.7 Å². The molecule has 2 fully saturated rings. The fourth-order valence-electron chi connectivity index (χ4n) is 3.76. The van der Waals surface area contributed by atoms with E-state index in [0.29, 0.717) is 38.0 Å². The second kappa shape index (κ2) is 7.24. The Morgan fingerprint density at radius 2 is 1.73 bits per heavy atom. The Morgan fingerprint density at radius 1 is 0.967 bits per heavy atom. The first kappa shape index (κ1) is 19.3. The summed E-state index contributed by atoms with van der Waals surface area (Å²) in [5.74, 6) is 1.42. The molecule has 2 aliphatic rings. The zero-order chi connectivity index (χ0) is 20.9. The van der Waals surface area contributed by atoms with Crippen LogP contribution in [0.15, 0.2) is 44.3 Å². The minimum Gasteiger partial charge on any atom is -0.438 e. The van der Waals surface area contributed by atoms with Gasteiger partial charge in [-0.15, -0.1) is 10.2 Å². The first-order valence-corrected chi connectivity index (χ1v) is 11.6. The van der Waals surface area contributed by atoms with Crippen LogP contribution in [0.5, 0.6) is 0 Å². The van der Waals surface area contributed by atoms with Crippen molar-refractivity contribution in [3.63, 3.8) is 0 Å². The van der Waals surface area contributed by atoms with Gasteiger partial charge < -0.3 is 13.7 Å². The molecule has 1 saturated carbocycles. The van der Waals surface area contributed by atoms with Gasteiger partial charge in [0.2, 0.25) is 11.0 Å². The molecule has 8 nitrogen and oxygen atoms in total. The van der Waals surface area contributed by atoms with Crippen molar-refractivity contribution in [2.24, 2.45) is 0 Å². The van der Waals surface area contributed by atoms with Crippen LogP contribution in [0, 0.1) is 13.8 Å². The Hall–Kier alpha value is -2.65. The number of aryl methyl sites for hydroxylation is 2. The number of piperazine rings is 1. The molecular formula is C21H24N4O4S. The summed E-state index contributed by atoms with van der Waals surface area (Å²) in [6, 6.07) is 9.38. The third kappa shape index (κ3) is 3.52. The summed E-state index contributed by atoms with van der Waals surface area (Å²) >= 11 is 0. The highest BCUT2D eigenvalue weighted by atomic mass is 32.2. The van der Waals surface area contributed by atoms with E-state index in [9.17, 15) is 8.42 Å². The lowest BCUT2D eigenvalue weighted by molar-refractivity contribution is 0.361. The second-order valence-electron chi connectivity index (χ2n) is 8.02. The van der Waals surface area contributed by atoms with E-state index in [0.717, 1.165) is 18.5 Å². The molecule has 0 spiro atoms. The van der Waals surface area contributed by atoms with Gasteiger partial charge >= 0.3 is 0 Å². The Bertz CT molecular complexity index is 1170. The average molecular weight is 429 g/mol. The van der Waals surface area contributed by atoms with Crippen LogP contribution < -0.4 is 4.90 Å². The maximum atomic E-state index is 13.1. The van der Waals surface area contributed by atoms with Crippen molar-refractivity contribution in [1.29, 1.82) is 0 Å². The van der Waals surface area contributed by atoms with Gasteiger partial charge in [0.25, 0.3) is 15.9 Å². The fraction of sp³-hybridized carbons (Fsp3) is 0.429. The summed E-state index contributed by atoms with van der Waals surface area (Å²) in [6.07, 6.45) is 2.10. The zero-order valence-corrected chi connectivity index (χ0v) is 17.9. The molecule has 5 rings (SSSR count). The summed E-state index contributed by atoms with van der Waals surface area (Å²) in [7, 11) is -3.72. The number of hydrogen-bond donors (Lipinski definition) is 0. The first-order chi connectivity index (χ1) is 14.4. The molecule has 1 aliphatic heterocycles. The monoisotopic (exact) mass is 428 g/mol. The quantitative estimate of drug-likeness (QED) is 0.615. The lowest BCUT2D eigenvalue weighted by Gasteiger charge is -2.35. The van der Waals surface area contributed by atoms with Gasteiger partial charge in [0.15, 0.2) is 5.76 Å². The maximum absolute atomic E-state index is 13.1. The third-order valence-electron chi connectivity index (χ3n) is 5.70. The number of anilines is 1. The number of rotatable bonds is 5. The van der Waals surface area contributed by atoms with E-state index in [1.165, 1.54) is 21.5 Å². The molecule has 1 aliphatic carbocycles. The van der Waals surface area contributed by atoms with Gasteiger partial charge in [-0.2, -0.15) is 4.31 Å². The van der Waals surface area contributed by atoms with Gasteiger partial charge in [0, 0.05) is 37.8 Å². The van der Waals surface area contributed by atoms with Crippen molar-refractivity contribution in [1.82, 2.24) is 14.5 Å². The normalized spacial score (nSPS) is 18.1. The minimum absolute atomic E-state index is 0.0936. The summed E-state index contributed by atoms with van der Waals surface area (Å²) < 4.78 is 38.8. The number of nitrogens with zero attached hydrogens (tertiary/aromatic N) is 4. The van der Waals surface area contributed by atoms with Gasteiger partial charge in [0.05, 0.1) is 0 Å². The molecule has 0 amide bonds. The van der Waals surface area contributed by atoms with Crippen molar-refractivity contribution in [3.8, 4) is 11.7 Å². The van der Waals surface area contributed by atoms with Gasteiger partial charge in [-0.25, -0.2) is 8.42 Å². The molecule has 2 aromatic heterocycles. The highest BCUT2D eigenvalue weighted by Gasteiger charge is 2.33. The van der Waals surface area contributed by atoms with Crippen molar-refractivity contribution < 1.29 is 17.3 Å². The van der Waals surface area contributed by atoms with E-state index in [4.69, 9.17) is 8.83 Å². The lowest BCUT2D eigenvalue weighted by atomic mass is 10.1. The predicted octanol–water partition coefficient (Wildman–Crippen LogP) is 3.33. The van der Waals surface area contributed by atoms with Crippen molar-refractivity contribution in [2.45, 2.75) is 37.7 Å². The molecule has 1 aromatic carbocycles. The summed E-state index contributed by atoms with van der Waals surface area (Å²) in [4.78, 5) is 2.24. The molecule has 3 heterocycles. The smallest absolute Gasteiger partial charge is 0.283 e. The molecule has 0 unspecified atom stereocenters. The maximum Gasteiger partial charge on any atom is 0.283 e. The summed E-state index contributed by atoms with van der Waals surface area (Å²) in [5.41, 5.74) is 3.55. The van der Waals surface area contributed by atoms with Crippen LogP contribution in [0.25, 0.3) is 11.7 Å². The van der Waals surface area contributed by atoms with E-state index in [2.05, 4.69) is 47.1 Å². The SMILES string of the molecule is Cc1ccc(C)c(N2CCN(S(=O)(=O)c3ccc(-c4nnc(C5CC5)o4)o3)CC2)c1. The number of sulfonamides is 1. The molecule has 0 radical (unpaired) electrons. The van der Waals surface area contributed by atoms with Gasteiger partial charge in [-0.3, -0.25) is 0 Å². The Labute approximate surface area is 175 Å². The van der Waals surface area contributed by atoms with Gasteiger partial charge in [-0.05, 0) is 56.0 Å². The Kier molecular flexibility index (Phi) is 4.67. The van der Waals surface area contributed by atoms with E-state index in [1.807, 2.05) is 0 Å². The summed E-state index contributed by atoms with van der Waals surface area (Å²) in [6.45, 7) is 6.21. The molecule has 30 heavy (non-hydrogen) atoms. The van der Waals surface area contributed by atoms with E-state index in [1.54, 1.807) is 6.07 Å². The van der Waals surface area contributed by atoms with E-state index < -0.39 is 10.0 Å². The van der Waals surface area contributed by atoms with Crippen LogP contribution in [0.4, 0.5) is 5.69 Å². The predicted molar refractivity (Wildman–Crippen MR) is 111 cm³/mol. The van der Waals surface area contributed by atoms with Crippen LogP contribution in [0.1, 0.15) is 35.8 Å². The third-order valence-corrected chi connectivity index (χ3v) is 7.47. The van der Waals surface area contributed by atoms with E-state index >= 15 is 0 Å². The van der Waals surface area contributed by atoms with Crippen LogP contribution in [-0.2, 0) is 10.0 Å².